The van der Waals surface area contributed by atoms with Gasteiger partial charge in [0.1, 0.15) is 18.1 Å². The molecule has 0 spiro atoms. The van der Waals surface area contributed by atoms with E-state index >= 15 is 0 Å². The molecule has 2 rings (SSSR count). The van der Waals surface area contributed by atoms with E-state index in [1.54, 1.807) is 0 Å². The first kappa shape index (κ1) is 28.3. The van der Waals surface area contributed by atoms with Crippen molar-refractivity contribution in [2.45, 2.75) is 82.0 Å². The predicted octanol–water partition coefficient (Wildman–Crippen LogP) is -2.03. The molecule has 4 atom stereocenters. The van der Waals surface area contributed by atoms with Gasteiger partial charge in [-0.15, -0.1) is 0 Å². The number of carboxylic acids is 1. The van der Waals surface area contributed by atoms with Crippen LogP contribution in [-0.2, 0) is 19.2 Å². The number of hydrogen-bond donors (Lipinski definition) is 7. The lowest BCUT2D eigenvalue weighted by Gasteiger charge is -2.29. The lowest BCUT2D eigenvalue weighted by Crippen LogP contribution is -2.57. The molecule has 3 amide bonds. The number of aliphatic imine (C=N–C) groups is 1. The Morgan fingerprint density at radius 2 is 1.77 bits per heavy atom. The van der Waals surface area contributed by atoms with Gasteiger partial charge in [0.2, 0.25) is 17.7 Å². The molecule has 2 aliphatic rings. The molecule has 2 heterocycles. The highest BCUT2D eigenvalue weighted by Crippen LogP contribution is 2.20. The standard InChI is InChI=1S/C22H40N8O5/c23-10-2-1-6-16(20(33)30-13-5-9-17(30)21(34)35)29-19(32)15(8-4-12-27-22(24)25)28-18(31)14-7-3-11-26-14/h14-17,26H,1-13,23H2,(H,28,31)(H,29,32)(H,34,35)(H4,24,25,27). The van der Waals surface area contributed by atoms with E-state index in [1.807, 2.05) is 0 Å². The van der Waals surface area contributed by atoms with Crippen molar-refractivity contribution >= 4 is 29.7 Å². The summed E-state index contributed by atoms with van der Waals surface area (Å²) in [6, 6.07) is -3.07. The molecule has 0 radical (unpaired) electrons. The van der Waals surface area contributed by atoms with Gasteiger partial charge in [-0.3, -0.25) is 19.4 Å². The third-order valence-electron chi connectivity index (χ3n) is 6.34. The van der Waals surface area contributed by atoms with Gasteiger partial charge in [-0.05, 0) is 70.9 Å². The van der Waals surface area contributed by atoms with Gasteiger partial charge in [0.15, 0.2) is 5.96 Å². The van der Waals surface area contributed by atoms with Crippen LogP contribution in [0, 0.1) is 0 Å². The second-order valence-corrected chi connectivity index (χ2v) is 9.03. The molecule has 4 unspecified atom stereocenters. The van der Waals surface area contributed by atoms with E-state index in [-0.39, 0.29) is 30.9 Å². The molecule has 0 aromatic rings. The second kappa shape index (κ2) is 14.5. The van der Waals surface area contributed by atoms with E-state index in [2.05, 4.69) is 20.9 Å². The van der Waals surface area contributed by atoms with Crippen molar-refractivity contribution in [3.8, 4) is 0 Å². The van der Waals surface area contributed by atoms with Crippen molar-refractivity contribution < 1.29 is 24.3 Å². The summed E-state index contributed by atoms with van der Waals surface area (Å²) in [6.45, 7) is 1.79. The Bertz CT molecular complexity index is 767. The zero-order valence-electron chi connectivity index (χ0n) is 20.2. The van der Waals surface area contributed by atoms with E-state index < -0.39 is 35.9 Å². The fourth-order valence-corrected chi connectivity index (χ4v) is 4.46. The number of rotatable bonds is 14. The van der Waals surface area contributed by atoms with E-state index in [4.69, 9.17) is 17.2 Å². The van der Waals surface area contributed by atoms with Crippen molar-refractivity contribution in [1.29, 1.82) is 0 Å². The zero-order chi connectivity index (χ0) is 25.8. The Labute approximate surface area is 205 Å². The van der Waals surface area contributed by atoms with E-state index in [0.717, 1.165) is 13.0 Å². The van der Waals surface area contributed by atoms with E-state index in [1.165, 1.54) is 4.90 Å². The maximum absolute atomic E-state index is 13.3. The minimum absolute atomic E-state index is 0.0608. The van der Waals surface area contributed by atoms with Crippen molar-refractivity contribution in [2.24, 2.45) is 22.2 Å². The van der Waals surface area contributed by atoms with Crippen LogP contribution in [0.5, 0.6) is 0 Å². The van der Waals surface area contributed by atoms with Gasteiger partial charge in [-0.25, -0.2) is 4.79 Å². The van der Waals surface area contributed by atoms with Crippen LogP contribution >= 0.6 is 0 Å². The Morgan fingerprint density at radius 3 is 2.40 bits per heavy atom. The van der Waals surface area contributed by atoms with Crippen molar-refractivity contribution in [2.75, 3.05) is 26.2 Å². The molecule has 13 heteroatoms. The molecular weight excluding hydrogens is 456 g/mol. The number of unbranched alkanes of at least 4 members (excludes halogenated alkanes) is 1. The predicted molar refractivity (Wildman–Crippen MR) is 130 cm³/mol. The molecule has 2 fully saturated rings. The van der Waals surface area contributed by atoms with Gasteiger partial charge in [-0.1, -0.05) is 0 Å². The highest BCUT2D eigenvalue weighted by molar-refractivity contribution is 5.94. The van der Waals surface area contributed by atoms with Gasteiger partial charge in [0.25, 0.3) is 0 Å². The first-order valence-corrected chi connectivity index (χ1v) is 12.4. The lowest BCUT2D eigenvalue weighted by molar-refractivity contribution is -0.149. The Balaban J connectivity index is 2.12. The molecule has 13 nitrogen and oxygen atoms in total. The van der Waals surface area contributed by atoms with Gasteiger partial charge in [0, 0.05) is 13.1 Å². The molecule has 35 heavy (non-hydrogen) atoms. The number of aliphatic carboxylic acids is 1. The lowest BCUT2D eigenvalue weighted by atomic mass is 10.0. The number of hydrogen-bond acceptors (Lipinski definition) is 7. The number of likely N-dealkylation sites (tertiary alicyclic amines) is 1. The fourth-order valence-electron chi connectivity index (χ4n) is 4.46. The summed E-state index contributed by atoms with van der Waals surface area (Å²) in [5.41, 5.74) is 16.3. The van der Waals surface area contributed by atoms with Crippen LogP contribution in [0.2, 0.25) is 0 Å². The smallest absolute Gasteiger partial charge is 0.326 e. The number of nitrogens with one attached hydrogen (secondary N) is 3. The molecule has 2 saturated heterocycles. The summed E-state index contributed by atoms with van der Waals surface area (Å²) in [5, 5.41) is 18.1. The van der Waals surface area contributed by atoms with Gasteiger partial charge >= 0.3 is 5.97 Å². The van der Waals surface area contributed by atoms with Crippen LogP contribution in [0.25, 0.3) is 0 Å². The Kier molecular flexibility index (Phi) is 11.7. The van der Waals surface area contributed by atoms with Crippen LogP contribution in [0.4, 0.5) is 0 Å². The largest absolute Gasteiger partial charge is 0.480 e. The Hall–Kier alpha value is -2.93. The average molecular weight is 497 g/mol. The highest BCUT2D eigenvalue weighted by Gasteiger charge is 2.38. The van der Waals surface area contributed by atoms with Crippen LogP contribution in [-0.4, -0.2) is 90.0 Å². The van der Waals surface area contributed by atoms with Crippen LogP contribution in [0.3, 0.4) is 0 Å². The number of carbonyl (C=O) groups is 4. The van der Waals surface area contributed by atoms with Gasteiger partial charge in [-0.2, -0.15) is 0 Å². The number of guanidine groups is 1. The van der Waals surface area contributed by atoms with Crippen molar-refractivity contribution in [3.05, 3.63) is 0 Å². The third kappa shape index (κ3) is 8.98. The SMILES string of the molecule is NCCCCC(NC(=O)C(CCCN=C(N)N)NC(=O)C1CCCN1)C(=O)N1CCCC1C(=O)O. The summed E-state index contributed by atoms with van der Waals surface area (Å²) in [7, 11) is 0. The minimum atomic E-state index is -1.06. The maximum Gasteiger partial charge on any atom is 0.326 e. The number of amides is 3. The first-order chi connectivity index (χ1) is 16.7. The second-order valence-electron chi connectivity index (χ2n) is 9.03. The molecule has 2 aliphatic heterocycles. The van der Waals surface area contributed by atoms with Crippen LogP contribution in [0.15, 0.2) is 4.99 Å². The summed E-state index contributed by atoms with van der Waals surface area (Å²) >= 11 is 0. The number of carbonyl (C=O) groups excluding carboxylic acids is 3. The maximum atomic E-state index is 13.3. The average Bonchev–Trinajstić information content (AvgIpc) is 3.52. The number of carboxylic acid groups (broad SMARTS) is 1. The molecule has 0 aromatic heterocycles. The quantitative estimate of drug-likeness (QED) is 0.0799. The molecule has 0 aliphatic carbocycles. The normalized spacial score (nSPS) is 21.2. The topological polar surface area (TPSA) is 218 Å². The summed E-state index contributed by atoms with van der Waals surface area (Å²) in [6.07, 6.45) is 4.80. The summed E-state index contributed by atoms with van der Waals surface area (Å²) in [4.78, 5) is 56.0. The zero-order valence-corrected chi connectivity index (χ0v) is 20.2. The van der Waals surface area contributed by atoms with Gasteiger partial charge in [0.05, 0.1) is 6.04 Å². The number of nitrogens with zero attached hydrogens (tertiary/aromatic N) is 2. The van der Waals surface area contributed by atoms with Crippen molar-refractivity contribution in [1.82, 2.24) is 20.9 Å². The summed E-state index contributed by atoms with van der Waals surface area (Å²) in [5.74, 6) is -2.33. The van der Waals surface area contributed by atoms with Crippen molar-refractivity contribution in [3.63, 3.8) is 0 Å². The van der Waals surface area contributed by atoms with Crippen LogP contribution < -0.4 is 33.2 Å². The molecule has 0 aromatic carbocycles. The first-order valence-electron chi connectivity index (χ1n) is 12.4. The monoisotopic (exact) mass is 496 g/mol. The van der Waals surface area contributed by atoms with Gasteiger partial charge < -0.3 is 43.2 Å². The molecule has 10 N–H and O–H groups in total. The minimum Gasteiger partial charge on any atom is -0.480 e. The fraction of sp³-hybridized carbons (Fsp3) is 0.773. The van der Waals surface area contributed by atoms with E-state index in [9.17, 15) is 24.3 Å². The number of nitrogens with two attached hydrogens (primary N) is 3. The molecule has 0 saturated carbocycles. The molecule has 198 valence electrons. The molecular formula is C22H40N8O5. The third-order valence-corrected chi connectivity index (χ3v) is 6.34. The Morgan fingerprint density at radius 1 is 1.03 bits per heavy atom. The van der Waals surface area contributed by atoms with E-state index in [0.29, 0.717) is 58.0 Å². The summed E-state index contributed by atoms with van der Waals surface area (Å²) < 4.78 is 0. The van der Waals surface area contributed by atoms with Crippen LogP contribution in [0.1, 0.15) is 57.8 Å². The highest BCUT2D eigenvalue weighted by atomic mass is 16.4. The molecule has 0 bridgehead atoms.